The largest absolute Gasteiger partial charge is 0.306 e. The Morgan fingerprint density at radius 2 is 1.74 bits per heavy atom. The van der Waals surface area contributed by atoms with Crippen molar-refractivity contribution in [3.63, 3.8) is 0 Å². The topological polar surface area (TPSA) is 95.2 Å². The fraction of sp³-hybridized carbons (Fsp3) is 0.478. The van der Waals surface area contributed by atoms with Gasteiger partial charge in [0.15, 0.2) is 0 Å². The van der Waals surface area contributed by atoms with Gasteiger partial charge in [0.25, 0.3) is 0 Å². The van der Waals surface area contributed by atoms with Crippen molar-refractivity contribution in [2.24, 2.45) is 29.1 Å². The summed E-state index contributed by atoms with van der Waals surface area (Å²) in [7, 11) is 0. The SMILES string of the molecule is CC(C)(C)[C@H]1CC=C2C(C#N)C(=N)[C@](C#N)(c3ccccc3)[C@@H](C#N)[C@H]2C1. The molecule has 0 aliphatic heterocycles. The van der Waals surface area contributed by atoms with Gasteiger partial charge < -0.3 is 5.41 Å². The summed E-state index contributed by atoms with van der Waals surface area (Å²) in [5.41, 5.74) is 0.259. The van der Waals surface area contributed by atoms with E-state index in [1.807, 2.05) is 18.2 Å². The van der Waals surface area contributed by atoms with E-state index < -0.39 is 17.3 Å². The van der Waals surface area contributed by atoms with Gasteiger partial charge in [-0.1, -0.05) is 57.2 Å². The Hall–Kier alpha value is -2.90. The normalized spacial score (nSPS) is 33.0. The maximum atomic E-state index is 10.2. The van der Waals surface area contributed by atoms with Gasteiger partial charge in [0.1, 0.15) is 11.3 Å². The lowest BCUT2D eigenvalue weighted by Crippen LogP contribution is -2.54. The van der Waals surface area contributed by atoms with Crippen molar-refractivity contribution in [3.8, 4) is 18.2 Å². The Morgan fingerprint density at radius 1 is 1.07 bits per heavy atom. The Bertz CT molecular complexity index is 901. The summed E-state index contributed by atoms with van der Waals surface area (Å²) < 4.78 is 0. The third-order valence-electron chi connectivity index (χ3n) is 6.42. The van der Waals surface area contributed by atoms with Crippen LogP contribution in [0.4, 0.5) is 0 Å². The summed E-state index contributed by atoms with van der Waals surface area (Å²) in [5.74, 6) is -1.20. The number of hydrogen-bond acceptors (Lipinski definition) is 4. The molecular formula is C23H24N4. The Kier molecular flexibility index (Phi) is 4.67. The number of fused-ring (bicyclic) bond motifs is 1. The van der Waals surface area contributed by atoms with Crippen LogP contribution in [-0.2, 0) is 5.41 Å². The van der Waals surface area contributed by atoms with Gasteiger partial charge in [0.05, 0.1) is 29.8 Å². The monoisotopic (exact) mass is 356 g/mol. The van der Waals surface area contributed by atoms with Crippen LogP contribution in [0.3, 0.4) is 0 Å². The van der Waals surface area contributed by atoms with Crippen LogP contribution in [0.15, 0.2) is 42.0 Å². The summed E-state index contributed by atoms with van der Waals surface area (Å²) >= 11 is 0. The number of benzene rings is 1. The molecule has 4 heteroatoms. The molecule has 0 spiro atoms. The zero-order valence-electron chi connectivity index (χ0n) is 16.0. The molecule has 1 fully saturated rings. The lowest BCUT2D eigenvalue weighted by Gasteiger charge is -2.48. The molecule has 136 valence electrons. The van der Waals surface area contributed by atoms with Crippen LogP contribution in [0.1, 0.15) is 39.2 Å². The van der Waals surface area contributed by atoms with E-state index in [0.717, 1.165) is 18.4 Å². The second-order valence-electron chi connectivity index (χ2n) is 8.71. The fourth-order valence-electron chi connectivity index (χ4n) is 4.76. The van der Waals surface area contributed by atoms with Crippen molar-refractivity contribution >= 4 is 5.71 Å². The average molecular weight is 356 g/mol. The van der Waals surface area contributed by atoms with Crippen LogP contribution < -0.4 is 0 Å². The molecule has 2 aliphatic rings. The molecule has 0 amide bonds. The van der Waals surface area contributed by atoms with Crippen molar-refractivity contribution in [3.05, 3.63) is 47.5 Å². The summed E-state index contributed by atoms with van der Waals surface area (Å²) in [6.07, 6.45) is 3.70. The van der Waals surface area contributed by atoms with Crippen molar-refractivity contribution in [2.75, 3.05) is 0 Å². The first-order valence-electron chi connectivity index (χ1n) is 9.36. The van der Waals surface area contributed by atoms with Crippen LogP contribution in [0.2, 0.25) is 0 Å². The van der Waals surface area contributed by atoms with Gasteiger partial charge in [-0.15, -0.1) is 0 Å². The average Bonchev–Trinajstić information content (AvgIpc) is 2.66. The van der Waals surface area contributed by atoms with Gasteiger partial charge in [-0.3, -0.25) is 0 Å². The molecule has 5 atom stereocenters. The van der Waals surface area contributed by atoms with Gasteiger partial charge in [0.2, 0.25) is 0 Å². The van der Waals surface area contributed by atoms with Gasteiger partial charge >= 0.3 is 0 Å². The van der Waals surface area contributed by atoms with E-state index in [0.29, 0.717) is 11.5 Å². The lowest BCUT2D eigenvalue weighted by atomic mass is 9.51. The second-order valence-corrected chi connectivity index (χ2v) is 8.71. The number of nitriles is 3. The Balaban J connectivity index is 2.21. The minimum Gasteiger partial charge on any atom is -0.306 e. The Morgan fingerprint density at radius 3 is 2.26 bits per heavy atom. The van der Waals surface area contributed by atoms with Crippen LogP contribution in [-0.4, -0.2) is 5.71 Å². The molecule has 27 heavy (non-hydrogen) atoms. The van der Waals surface area contributed by atoms with Crippen LogP contribution in [0.5, 0.6) is 0 Å². The molecule has 1 N–H and O–H groups in total. The van der Waals surface area contributed by atoms with E-state index in [1.165, 1.54) is 0 Å². The first-order chi connectivity index (χ1) is 12.8. The molecule has 3 rings (SSSR count). The molecule has 1 saturated carbocycles. The lowest BCUT2D eigenvalue weighted by molar-refractivity contribution is 0.165. The molecule has 0 saturated heterocycles. The summed E-state index contributed by atoms with van der Waals surface area (Å²) in [4.78, 5) is 0. The minimum absolute atomic E-state index is 0.0435. The van der Waals surface area contributed by atoms with E-state index in [4.69, 9.17) is 5.41 Å². The molecule has 1 aromatic carbocycles. The highest BCUT2D eigenvalue weighted by molar-refractivity contribution is 6.02. The van der Waals surface area contributed by atoms with Crippen molar-refractivity contribution in [1.29, 1.82) is 21.2 Å². The standard InChI is InChI=1S/C23H24N4/c1-22(2,3)16-9-10-17-18(11-16)20(13-25)23(14-26,21(27)19(17)12-24)15-7-5-4-6-8-15/h4-8,10,16,18-20,27H,9,11H2,1-3H3/t16-,18-,19?,20-,23+/m0/s1. The minimum atomic E-state index is -1.38. The first kappa shape index (κ1) is 18.9. The highest BCUT2D eigenvalue weighted by Crippen LogP contribution is 2.54. The third-order valence-corrected chi connectivity index (χ3v) is 6.42. The van der Waals surface area contributed by atoms with Gasteiger partial charge in [-0.05, 0) is 41.2 Å². The molecule has 4 nitrogen and oxygen atoms in total. The number of allylic oxidation sites excluding steroid dienone is 2. The molecule has 0 bridgehead atoms. The van der Waals surface area contributed by atoms with E-state index >= 15 is 0 Å². The predicted molar refractivity (Wildman–Crippen MR) is 103 cm³/mol. The molecule has 0 radical (unpaired) electrons. The number of nitrogens with zero attached hydrogens (tertiary/aromatic N) is 3. The quantitative estimate of drug-likeness (QED) is 0.735. The van der Waals surface area contributed by atoms with Crippen LogP contribution >= 0.6 is 0 Å². The zero-order valence-corrected chi connectivity index (χ0v) is 16.0. The maximum Gasteiger partial charge on any atom is 0.137 e. The van der Waals surface area contributed by atoms with Crippen molar-refractivity contribution in [1.82, 2.24) is 0 Å². The number of hydrogen-bond donors (Lipinski definition) is 1. The molecule has 0 aromatic heterocycles. The van der Waals surface area contributed by atoms with E-state index in [-0.39, 0.29) is 17.0 Å². The highest BCUT2D eigenvalue weighted by atomic mass is 14.7. The number of rotatable bonds is 1. The molecule has 0 heterocycles. The van der Waals surface area contributed by atoms with Gasteiger partial charge in [-0.2, -0.15) is 15.8 Å². The zero-order chi connectivity index (χ0) is 19.8. The van der Waals surface area contributed by atoms with Crippen molar-refractivity contribution in [2.45, 2.75) is 39.0 Å². The summed E-state index contributed by atoms with van der Waals surface area (Å²) in [6, 6.07) is 16.0. The summed E-state index contributed by atoms with van der Waals surface area (Å²) in [6.45, 7) is 6.58. The molecule has 1 unspecified atom stereocenters. The summed E-state index contributed by atoms with van der Waals surface area (Å²) in [5, 5.41) is 39.0. The van der Waals surface area contributed by atoms with E-state index in [2.05, 4.69) is 45.1 Å². The van der Waals surface area contributed by atoms with Gasteiger partial charge in [0, 0.05) is 0 Å². The Labute approximate surface area is 161 Å². The highest BCUT2D eigenvalue weighted by Gasteiger charge is 2.58. The smallest absolute Gasteiger partial charge is 0.137 e. The van der Waals surface area contributed by atoms with E-state index in [9.17, 15) is 15.8 Å². The first-order valence-corrected chi connectivity index (χ1v) is 9.36. The van der Waals surface area contributed by atoms with Crippen LogP contribution in [0, 0.1) is 68.5 Å². The number of nitrogens with one attached hydrogen (secondary N) is 1. The molecule has 2 aliphatic carbocycles. The fourth-order valence-corrected chi connectivity index (χ4v) is 4.76. The predicted octanol–water partition coefficient (Wildman–Crippen LogP) is 4.76. The second kappa shape index (κ2) is 6.68. The molecular weight excluding hydrogens is 332 g/mol. The van der Waals surface area contributed by atoms with Crippen molar-refractivity contribution < 1.29 is 0 Å². The third kappa shape index (κ3) is 2.75. The maximum absolute atomic E-state index is 10.2. The van der Waals surface area contributed by atoms with E-state index in [1.54, 1.807) is 12.1 Å². The van der Waals surface area contributed by atoms with Crippen LogP contribution in [0.25, 0.3) is 0 Å². The molecule has 1 aromatic rings. The van der Waals surface area contributed by atoms with Gasteiger partial charge in [-0.25, -0.2) is 0 Å².